The zero-order valence-corrected chi connectivity index (χ0v) is 20.6. The first kappa shape index (κ1) is 27.0. The van der Waals surface area contributed by atoms with E-state index in [9.17, 15) is 23.2 Å². The highest BCUT2D eigenvalue weighted by Gasteiger charge is 2.34. The predicted octanol–water partition coefficient (Wildman–Crippen LogP) is 5.71. The fourth-order valence-corrected chi connectivity index (χ4v) is 3.70. The van der Waals surface area contributed by atoms with Crippen molar-refractivity contribution in [3.05, 3.63) is 88.3 Å². The number of benzene rings is 1. The van der Waals surface area contributed by atoms with E-state index in [1.165, 1.54) is 20.0 Å². The van der Waals surface area contributed by atoms with Crippen LogP contribution in [0, 0.1) is 11.3 Å². The molecule has 0 aliphatic heterocycles. The number of carbonyl (C=O) groups excluding carboxylic acids is 1. The van der Waals surface area contributed by atoms with Crippen LogP contribution in [0.15, 0.2) is 61.1 Å². The summed E-state index contributed by atoms with van der Waals surface area (Å²) in [5.41, 5.74) is -0.219. The molecule has 1 amide bonds. The Hall–Kier alpha value is -3.64. The largest absolute Gasteiger partial charge is 0.462 e. The highest BCUT2D eigenvalue weighted by atomic mass is 35.5. The van der Waals surface area contributed by atoms with E-state index in [-0.39, 0.29) is 11.8 Å². The van der Waals surface area contributed by atoms with Crippen LogP contribution in [0.2, 0.25) is 5.02 Å². The number of carbonyl (C=O) groups is 1. The lowest BCUT2D eigenvalue weighted by Crippen LogP contribution is -2.51. The number of halogens is 4. The van der Waals surface area contributed by atoms with Crippen molar-refractivity contribution in [2.75, 3.05) is 0 Å². The van der Waals surface area contributed by atoms with Crippen LogP contribution in [-0.4, -0.2) is 27.5 Å². The summed E-state index contributed by atoms with van der Waals surface area (Å²) in [7, 11) is 0. The molecule has 2 aromatic heterocycles. The fraction of sp³-hybridized carbons (Fsp3) is 0.308. The van der Waals surface area contributed by atoms with Crippen molar-refractivity contribution in [3.63, 3.8) is 0 Å². The van der Waals surface area contributed by atoms with Gasteiger partial charge in [-0.3, -0.25) is 9.78 Å². The van der Waals surface area contributed by atoms with Crippen molar-refractivity contribution >= 4 is 17.5 Å². The van der Waals surface area contributed by atoms with Gasteiger partial charge in [-0.2, -0.15) is 18.4 Å². The first-order valence-electron chi connectivity index (χ1n) is 11.0. The molecule has 0 aliphatic carbocycles. The second-order valence-corrected chi connectivity index (χ2v) is 9.25. The van der Waals surface area contributed by atoms with Gasteiger partial charge < -0.3 is 10.1 Å². The van der Waals surface area contributed by atoms with Gasteiger partial charge in [-0.1, -0.05) is 23.7 Å². The zero-order valence-electron chi connectivity index (χ0n) is 19.8. The summed E-state index contributed by atoms with van der Waals surface area (Å²) in [6.45, 7) is 4.82. The third kappa shape index (κ3) is 6.95. The van der Waals surface area contributed by atoms with E-state index in [2.05, 4.69) is 21.4 Å². The van der Waals surface area contributed by atoms with Gasteiger partial charge in [0.25, 0.3) is 5.91 Å². The average molecular weight is 517 g/mol. The Labute approximate surface area is 212 Å². The molecule has 2 heterocycles. The highest BCUT2D eigenvalue weighted by molar-refractivity contribution is 6.30. The van der Waals surface area contributed by atoms with Crippen LogP contribution in [0.3, 0.4) is 0 Å². The van der Waals surface area contributed by atoms with E-state index in [1.54, 1.807) is 24.4 Å². The van der Waals surface area contributed by atoms with Gasteiger partial charge in [0.05, 0.1) is 11.1 Å². The van der Waals surface area contributed by atoms with E-state index < -0.39 is 29.3 Å². The van der Waals surface area contributed by atoms with Crippen molar-refractivity contribution in [3.8, 4) is 11.9 Å². The summed E-state index contributed by atoms with van der Waals surface area (Å²) in [4.78, 5) is 21.0. The molecule has 2 atom stereocenters. The van der Waals surface area contributed by atoms with Gasteiger partial charge in [0.2, 0.25) is 5.88 Å². The van der Waals surface area contributed by atoms with Crippen molar-refractivity contribution in [2.24, 2.45) is 0 Å². The maximum Gasteiger partial charge on any atom is 0.417 e. The van der Waals surface area contributed by atoms with Crippen LogP contribution in [0.25, 0.3) is 0 Å². The molecule has 0 bridgehead atoms. The van der Waals surface area contributed by atoms with E-state index >= 15 is 0 Å². The lowest BCUT2D eigenvalue weighted by molar-refractivity contribution is -0.138. The molecule has 0 spiro atoms. The second kappa shape index (κ2) is 11.0. The minimum atomic E-state index is -4.52. The van der Waals surface area contributed by atoms with Gasteiger partial charge in [0.1, 0.15) is 6.07 Å². The SMILES string of the molecule is CC(NC(=O)C(C)(C)Oc1ccc(C(F)(F)F)cn1)C(Cc1ccc(Cl)cc1)c1cncc(C#N)c1. The summed E-state index contributed by atoms with van der Waals surface area (Å²) in [6.07, 6.45) is -0.233. The molecule has 0 aliphatic rings. The third-order valence-corrected chi connectivity index (χ3v) is 5.87. The van der Waals surface area contributed by atoms with Crippen LogP contribution in [0.4, 0.5) is 13.2 Å². The topological polar surface area (TPSA) is 87.9 Å². The quantitative estimate of drug-likeness (QED) is 0.414. The molecule has 2 unspecified atom stereocenters. The summed E-state index contributed by atoms with van der Waals surface area (Å²) in [6, 6.07) is 12.6. The van der Waals surface area contributed by atoms with Crippen LogP contribution < -0.4 is 10.1 Å². The number of alkyl halides is 3. The number of hydrogen-bond acceptors (Lipinski definition) is 5. The summed E-state index contributed by atoms with van der Waals surface area (Å²) in [5.74, 6) is -0.849. The summed E-state index contributed by atoms with van der Waals surface area (Å²) >= 11 is 6.01. The van der Waals surface area contributed by atoms with Crippen LogP contribution in [0.1, 0.15) is 48.9 Å². The van der Waals surface area contributed by atoms with Crippen molar-refractivity contribution < 1.29 is 22.7 Å². The minimum absolute atomic E-state index is 0.112. The number of amides is 1. The Morgan fingerprint density at radius 2 is 1.83 bits per heavy atom. The minimum Gasteiger partial charge on any atom is -0.462 e. The fourth-order valence-electron chi connectivity index (χ4n) is 3.58. The highest BCUT2D eigenvalue weighted by Crippen LogP contribution is 2.30. The number of nitrogens with one attached hydrogen (secondary N) is 1. The first-order valence-corrected chi connectivity index (χ1v) is 11.4. The Morgan fingerprint density at radius 3 is 2.42 bits per heavy atom. The van der Waals surface area contributed by atoms with E-state index in [0.717, 1.165) is 23.3 Å². The number of nitriles is 1. The molecular weight excluding hydrogens is 493 g/mol. The third-order valence-electron chi connectivity index (χ3n) is 5.62. The molecular formula is C26H24ClF3N4O2. The average Bonchev–Trinajstić information content (AvgIpc) is 2.83. The maximum atomic E-state index is 13.1. The van der Waals surface area contributed by atoms with Crippen molar-refractivity contribution in [1.82, 2.24) is 15.3 Å². The van der Waals surface area contributed by atoms with Crippen molar-refractivity contribution in [2.45, 2.75) is 50.9 Å². The number of ether oxygens (including phenoxy) is 1. The number of aromatic nitrogens is 2. The summed E-state index contributed by atoms with van der Waals surface area (Å²) in [5, 5.41) is 12.8. The lowest BCUT2D eigenvalue weighted by atomic mass is 9.86. The number of hydrogen-bond donors (Lipinski definition) is 1. The Morgan fingerprint density at radius 1 is 1.14 bits per heavy atom. The Balaban J connectivity index is 1.79. The molecule has 0 fully saturated rings. The maximum absolute atomic E-state index is 13.1. The Bertz CT molecular complexity index is 1240. The molecule has 10 heteroatoms. The molecule has 188 valence electrons. The molecule has 36 heavy (non-hydrogen) atoms. The molecule has 3 rings (SSSR count). The van der Waals surface area contributed by atoms with Gasteiger partial charge in [-0.25, -0.2) is 4.98 Å². The molecule has 0 radical (unpaired) electrons. The zero-order chi connectivity index (χ0) is 26.5. The standard InChI is InChI=1S/C26H24ClF3N4O2/c1-16(34-24(35)25(2,3)36-23-9-6-20(15-33-23)26(28,29)30)22(11-17-4-7-21(27)8-5-17)19-10-18(12-31)13-32-14-19/h4-10,13-16,22H,11H2,1-3H3,(H,34,35). The Kier molecular flexibility index (Phi) is 8.21. The van der Waals surface area contributed by atoms with E-state index in [4.69, 9.17) is 16.3 Å². The number of rotatable bonds is 8. The smallest absolute Gasteiger partial charge is 0.417 e. The number of pyridine rings is 2. The van der Waals surface area contributed by atoms with Crippen LogP contribution in [-0.2, 0) is 17.4 Å². The second-order valence-electron chi connectivity index (χ2n) is 8.81. The normalized spacial score (nSPS) is 13.4. The summed E-state index contributed by atoms with van der Waals surface area (Å²) < 4.78 is 44.0. The number of nitrogens with zero attached hydrogens (tertiary/aromatic N) is 3. The van der Waals surface area contributed by atoms with Gasteiger partial charge in [0.15, 0.2) is 5.60 Å². The van der Waals surface area contributed by atoms with Crippen LogP contribution in [0.5, 0.6) is 5.88 Å². The van der Waals surface area contributed by atoms with E-state index in [1.807, 2.05) is 19.1 Å². The van der Waals surface area contributed by atoms with Gasteiger partial charge >= 0.3 is 6.18 Å². The monoisotopic (exact) mass is 516 g/mol. The lowest BCUT2D eigenvalue weighted by Gasteiger charge is -2.30. The van der Waals surface area contributed by atoms with Crippen molar-refractivity contribution in [1.29, 1.82) is 5.26 Å². The van der Waals surface area contributed by atoms with Crippen LogP contribution >= 0.6 is 11.6 Å². The first-order chi connectivity index (χ1) is 16.9. The molecule has 3 aromatic rings. The molecule has 0 saturated heterocycles. The van der Waals surface area contributed by atoms with Gasteiger partial charge in [-0.15, -0.1) is 0 Å². The predicted molar refractivity (Wildman–Crippen MR) is 128 cm³/mol. The molecule has 1 N–H and O–H groups in total. The van der Waals surface area contributed by atoms with E-state index in [0.29, 0.717) is 23.2 Å². The molecule has 1 aromatic carbocycles. The van der Waals surface area contributed by atoms with Gasteiger partial charge in [-0.05, 0) is 62.6 Å². The van der Waals surface area contributed by atoms with Gasteiger partial charge in [0, 0.05) is 41.6 Å². The molecule has 6 nitrogen and oxygen atoms in total. The molecule has 0 saturated carbocycles.